The van der Waals surface area contributed by atoms with Crippen LogP contribution in [0.25, 0.3) is 11.0 Å². The van der Waals surface area contributed by atoms with Crippen LogP contribution in [0.3, 0.4) is 0 Å². The summed E-state index contributed by atoms with van der Waals surface area (Å²) in [4.78, 5) is 35.3. The van der Waals surface area contributed by atoms with Gasteiger partial charge in [-0.15, -0.1) is 0 Å². The molecule has 2 N–H and O–H groups in total. The van der Waals surface area contributed by atoms with E-state index in [1.165, 1.54) is 0 Å². The average molecular weight is 388 g/mol. The maximum absolute atomic E-state index is 13.1. The van der Waals surface area contributed by atoms with Crippen LogP contribution in [-0.2, 0) is 10.2 Å². The number of rotatable bonds is 2. The zero-order valence-corrected chi connectivity index (χ0v) is 16.7. The summed E-state index contributed by atoms with van der Waals surface area (Å²) >= 11 is 0. The number of carbonyl (C=O) groups is 2. The number of imidazole rings is 1. The molecule has 148 valence electrons. The van der Waals surface area contributed by atoms with Gasteiger partial charge in [0.15, 0.2) is 0 Å². The summed E-state index contributed by atoms with van der Waals surface area (Å²) in [6.45, 7) is 5.19. The predicted molar refractivity (Wildman–Crippen MR) is 112 cm³/mol. The summed E-state index contributed by atoms with van der Waals surface area (Å²) in [5.41, 5.74) is 3.79. The van der Waals surface area contributed by atoms with Crippen molar-refractivity contribution >= 4 is 28.5 Å². The summed E-state index contributed by atoms with van der Waals surface area (Å²) in [7, 11) is 0. The third kappa shape index (κ3) is 2.90. The van der Waals surface area contributed by atoms with Crippen molar-refractivity contribution in [3.63, 3.8) is 0 Å². The van der Waals surface area contributed by atoms with Gasteiger partial charge in [0.25, 0.3) is 5.91 Å². The van der Waals surface area contributed by atoms with Gasteiger partial charge in [0, 0.05) is 30.3 Å². The van der Waals surface area contributed by atoms with Crippen molar-refractivity contribution in [1.82, 2.24) is 14.9 Å². The number of likely N-dealkylation sites (tertiary alicyclic amines) is 1. The van der Waals surface area contributed by atoms with Crippen molar-refractivity contribution in [2.75, 3.05) is 18.4 Å². The number of carbonyl (C=O) groups excluding carboxylic acids is 2. The van der Waals surface area contributed by atoms with Crippen LogP contribution in [0.5, 0.6) is 0 Å². The van der Waals surface area contributed by atoms with Crippen LogP contribution in [0.4, 0.5) is 5.69 Å². The fraction of sp³-hybridized carbons (Fsp3) is 0.348. The minimum atomic E-state index is -0.611. The number of piperidine rings is 1. The van der Waals surface area contributed by atoms with Gasteiger partial charge in [-0.1, -0.05) is 12.1 Å². The van der Waals surface area contributed by atoms with Gasteiger partial charge in [-0.2, -0.15) is 0 Å². The van der Waals surface area contributed by atoms with Crippen molar-refractivity contribution in [2.24, 2.45) is 0 Å². The Hall–Kier alpha value is -3.15. The number of nitrogens with zero attached hydrogens (tertiary/aromatic N) is 2. The standard InChI is InChI=1S/C23H24N4O2/c1-23(2)16-13-15(7-8-17(16)26-22(23)29)21(28)27-11-9-14(10-12-27)20-24-18-5-3-4-6-19(18)25-20/h3-8,13-14H,9-12H2,1-2H3,(H,24,25)(H,26,29). The highest BCUT2D eigenvalue weighted by Gasteiger charge is 2.39. The number of nitrogens with one attached hydrogen (secondary N) is 2. The molecule has 2 amide bonds. The number of aromatic amines is 1. The van der Waals surface area contributed by atoms with Crippen LogP contribution in [0.15, 0.2) is 42.5 Å². The van der Waals surface area contributed by atoms with E-state index in [9.17, 15) is 9.59 Å². The van der Waals surface area contributed by atoms with Gasteiger partial charge in [0.1, 0.15) is 5.82 Å². The smallest absolute Gasteiger partial charge is 0.253 e. The van der Waals surface area contributed by atoms with Crippen molar-refractivity contribution in [2.45, 2.75) is 38.0 Å². The summed E-state index contributed by atoms with van der Waals surface area (Å²) in [5, 5.41) is 2.89. The molecule has 2 aliphatic rings. The lowest BCUT2D eigenvalue weighted by Crippen LogP contribution is -2.38. The molecule has 0 aliphatic carbocycles. The molecule has 2 aromatic carbocycles. The number of anilines is 1. The van der Waals surface area contributed by atoms with Crippen molar-refractivity contribution in [1.29, 1.82) is 0 Å². The molecule has 29 heavy (non-hydrogen) atoms. The lowest BCUT2D eigenvalue weighted by Gasteiger charge is -2.31. The number of amides is 2. The summed E-state index contributed by atoms with van der Waals surface area (Å²) in [6, 6.07) is 13.6. The number of fused-ring (bicyclic) bond motifs is 2. The normalized spacial score (nSPS) is 18.7. The molecule has 0 bridgehead atoms. The molecular formula is C23H24N4O2. The molecule has 0 saturated carbocycles. The van der Waals surface area contributed by atoms with E-state index in [2.05, 4.69) is 10.3 Å². The zero-order chi connectivity index (χ0) is 20.2. The highest BCUT2D eigenvalue weighted by Crippen LogP contribution is 2.38. The van der Waals surface area contributed by atoms with Gasteiger partial charge >= 0.3 is 0 Å². The molecule has 5 rings (SSSR count). The Morgan fingerprint density at radius 1 is 1.14 bits per heavy atom. The van der Waals surface area contributed by atoms with E-state index >= 15 is 0 Å². The van der Waals surface area contributed by atoms with E-state index in [1.54, 1.807) is 0 Å². The first-order chi connectivity index (χ1) is 13.9. The SMILES string of the molecule is CC1(C)C(=O)Nc2ccc(C(=O)N3CCC(c4nc5ccccc5[nH]4)CC3)cc21. The maximum atomic E-state index is 13.1. The predicted octanol–water partition coefficient (Wildman–Crippen LogP) is 3.81. The van der Waals surface area contributed by atoms with Crippen LogP contribution in [0.2, 0.25) is 0 Å². The van der Waals surface area contributed by atoms with Gasteiger partial charge in [0.05, 0.1) is 16.4 Å². The second-order valence-electron chi connectivity index (χ2n) is 8.55. The summed E-state index contributed by atoms with van der Waals surface area (Å²) in [6.07, 6.45) is 1.78. The molecule has 6 heteroatoms. The average Bonchev–Trinajstić information content (AvgIpc) is 3.26. The Morgan fingerprint density at radius 3 is 2.66 bits per heavy atom. The van der Waals surface area contributed by atoms with E-state index in [0.29, 0.717) is 24.6 Å². The molecule has 2 aliphatic heterocycles. The van der Waals surface area contributed by atoms with Gasteiger partial charge in [-0.25, -0.2) is 4.98 Å². The molecule has 6 nitrogen and oxygen atoms in total. The molecule has 3 aromatic rings. The number of aromatic nitrogens is 2. The topological polar surface area (TPSA) is 78.1 Å². The number of hydrogen-bond donors (Lipinski definition) is 2. The number of hydrogen-bond acceptors (Lipinski definition) is 3. The Morgan fingerprint density at radius 2 is 1.90 bits per heavy atom. The van der Waals surface area contributed by atoms with E-state index in [-0.39, 0.29) is 11.8 Å². The molecular weight excluding hydrogens is 364 g/mol. The first-order valence-corrected chi connectivity index (χ1v) is 10.1. The maximum Gasteiger partial charge on any atom is 0.253 e. The minimum Gasteiger partial charge on any atom is -0.342 e. The Bertz CT molecular complexity index is 1090. The second kappa shape index (κ2) is 6.44. The van der Waals surface area contributed by atoms with Crippen LogP contribution < -0.4 is 5.32 Å². The first kappa shape index (κ1) is 17.9. The second-order valence-corrected chi connectivity index (χ2v) is 8.55. The van der Waals surface area contributed by atoms with Gasteiger partial charge < -0.3 is 15.2 Å². The third-order valence-corrected chi connectivity index (χ3v) is 6.33. The third-order valence-electron chi connectivity index (χ3n) is 6.33. The van der Waals surface area contributed by atoms with E-state index in [1.807, 2.05) is 61.2 Å². The lowest BCUT2D eigenvalue weighted by molar-refractivity contribution is -0.119. The number of H-pyrrole nitrogens is 1. The fourth-order valence-electron chi connectivity index (χ4n) is 4.41. The minimum absolute atomic E-state index is 0.0243. The van der Waals surface area contributed by atoms with E-state index < -0.39 is 5.41 Å². The van der Waals surface area contributed by atoms with Crippen LogP contribution >= 0.6 is 0 Å². The Kier molecular flexibility index (Phi) is 3.98. The van der Waals surface area contributed by atoms with E-state index in [4.69, 9.17) is 4.98 Å². The van der Waals surface area contributed by atoms with Crippen molar-refractivity contribution < 1.29 is 9.59 Å². The van der Waals surface area contributed by atoms with Crippen molar-refractivity contribution in [3.8, 4) is 0 Å². The molecule has 0 atom stereocenters. The molecule has 0 unspecified atom stereocenters. The summed E-state index contributed by atoms with van der Waals surface area (Å²) < 4.78 is 0. The molecule has 1 aromatic heterocycles. The quantitative estimate of drug-likeness (QED) is 0.701. The van der Waals surface area contributed by atoms with Crippen LogP contribution in [-0.4, -0.2) is 39.8 Å². The summed E-state index contributed by atoms with van der Waals surface area (Å²) in [5.74, 6) is 1.36. The lowest BCUT2D eigenvalue weighted by atomic mass is 9.85. The van der Waals surface area contributed by atoms with E-state index in [0.717, 1.165) is 41.0 Å². The highest BCUT2D eigenvalue weighted by molar-refractivity contribution is 6.07. The molecule has 0 spiro atoms. The molecule has 0 radical (unpaired) electrons. The highest BCUT2D eigenvalue weighted by atomic mass is 16.2. The first-order valence-electron chi connectivity index (χ1n) is 10.1. The Labute approximate surface area is 169 Å². The molecule has 3 heterocycles. The number of benzene rings is 2. The zero-order valence-electron chi connectivity index (χ0n) is 16.7. The van der Waals surface area contributed by atoms with Gasteiger partial charge in [-0.05, 0) is 62.6 Å². The largest absolute Gasteiger partial charge is 0.342 e. The van der Waals surface area contributed by atoms with Crippen LogP contribution in [0.1, 0.15) is 54.4 Å². The van der Waals surface area contributed by atoms with Crippen molar-refractivity contribution in [3.05, 3.63) is 59.4 Å². The fourth-order valence-corrected chi connectivity index (χ4v) is 4.41. The molecule has 1 fully saturated rings. The van der Waals surface area contributed by atoms with Gasteiger partial charge in [-0.3, -0.25) is 9.59 Å². The number of para-hydroxylation sites is 2. The monoisotopic (exact) mass is 388 g/mol. The molecule has 1 saturated heterocycles. The van der Waals surface area contributed by atoms with Crippen LogP contribution in [0, 0.1) is 0 Å². The van der Waals surface area contributed by atoms with Gasteiger partial charge in [0.2, 0.25) is 5.91 Å². The Balaban J connectivity index is 1.31.